The summed E-state index contributed by atoms with van der Waals surface area (Å²) in [7, 11) is 0. The van der Waals surface area contributed by atoms with Crippen LogP contribution in [0.3, 0.4) is 0 Å². The molecular formula is C12H17FN2. The largest absolute Gasteiger partial charge is 0.399 e. The Morgan fingerprint density at radius 2 is 2.07 bits per heavy atom. The summed E-state index contributed by atoms with van der Waals surface area (Å²) < 4.78 is 12.6. The third-order valence-corrected chi connectivity index (χ3v) is 3.00. The minimum Gasteiger partial charge on any atom is -0.399 e. The lowest BCUT2D eigenvalue weighted by molar-refractivity contribution is 0.316. The van der Waals surface area contributed by atoms with E-state index in [1.165, 1.54) is 0 Å². The Hall–Kier alpha value is -1.25. The zero-order valence-electron chi connectivity index (χ0n) is 8.82. The topological polar surface area (TPSA) is 29.3 Å². The third kappa shape index (κ3) is 2.41. The molecule has 1 atom stereocenters. The molecule has 15 heavy (non-hydrogen) atoms. The fourth-order valence-electron chi connectivity index (χ4n) is 2.11. The zero-order valence-corrected chi connectivity index (χ0v) is 8.82. The first-order valence-electron chi connectivity index (χ1n) is 5.46. The SMILES string of the molecule is Nc1ccc(N2CCC[C@@H](CF)C2)cc1. The average Bonchev–Trinajstić information content (AvgIpc) is 2.30. The summed E-state index contributed by atoms with van der Waals surface area (Å²) in [6, 6.07) is 7.81. The Bertz CT molecular complexity index is 310. The molecule has 2 rings (SSSR count). The van der Waals surface area contributed by atoms with Gasteiger partial charge in [0.2, 0.25) is 0 Å². The molecule has 3 heteroatoms. The highest BCUT2D eigenvalue weighted by molar-refractivity contribution is 5.53. The number of benzene rings is 1. The molecular weight excluding hydrogens is 191 g/mol. The molecule has 1 fully saturated rings. The summed E-state index contributed by atoms with van der Waals surface area (Å²) in [6.45, 7) is 1.66. The van der Waals surface area contributed by atoms with Crippen LogP contribution in [0.1, 0.15) is 12.8 Å². The van der Waals surface area contributed by atoms with E-state index in [1.54, 1.807) is 0 Å². The van der Waals surface area contributed by atoms with Gasteiger partial charge in [0.15, 0.2) is 0 Å². The minimum absolute atomic E-state index is 0.203. The van der Waals surface area contributed by atoms with Crippen molar-refractivity contribution in [1.82, 2.24) is 0 Å². The van der Waals surface area contributed by atoms with E-state index in [0.717, 1.165) is 37.3 Å². The fraction of sp³-hybridized carbons (Fsp3) is 0.500. The van der Waals surface area contributed by atoms with Crippen LogP contribution in [0.2, 0.25) is 0 Å². The Balaban J connectivity index is 2.06. The van der Waals surface area contributed by atoms with E-state index < -0.39 is 0 Å². The summed E-state index contributed by atoms with van der Waals surface area (Å²) >= 11 is 0. The van der Waals surface area contributed by atoms with Crippen LogP contribution in [-0.2, 0) is 0 Å². The number of hydrogen-bond acceptors (Lipinski definition) is 2. The van der Waals surface area contributed by atoms with Crippen LogP contribution in [0.5, 0.6) is 0 Å². The van der Waals surface area contributed by atoms with Crippen molar-refractivity contribution in [3.05, 3.63) is 24.3 Å². The van der Waals surface area contributed by atoms with Gasteiger partial charge in [-0.1, -0.05) is 0 Å². The molecule has 1 heterocycles. The number of alkyl halides is 1. The van der Waals surface area contributed by atoms with Crippen LogP contribution in [0, 0.1) is 5.92 Å². The average molecular weight is 208 g/mol. The Morgan fingerprint density at radius 3 is 2.73 bits per heavy atom. The predicted molar refractivity (Wildman–Crippen MR) is 61.8 cm³/mol. The fourth-order valence-corrected chi connectivity index (χ4v) is 2.11. The lowest BCUT2D eigenvalue weighted by Crippen LogP contribution is -2.36. The summed E-state index contributed by atoms with van der Waals surface area (Å²) in [4.78, 5) is 2.24. The van der Waals surface area contributed by atoms with E-state index >= 15 is 0 Å². The second kappa shape index (κ2) is 4.51. The molecule has 0 aliphatic carbocycles. The molecule has 0 radical (unpaired) electrons. The second-order valence-electron chi connectivity index (χ2n) is 4.20. The van der Waals surface area contributed by atoms with E-state index in [1.807, 2.05) is 24.3 Å². The van der Waals surface area contributed by atoms with Crippen molar-refractivity contribution in [2.75, 3.05) is 30.4 Å². The van der Waals surface area contributed by atoms with Crippen molar-refractivity contribution in [2.24, 2.45) is 5.92 Å². The highest BCUT2D eigenvalue weighted by atomic mass is 19.1. The number of rotatable bonds is 2. The third-order valence-electron chi connectivity index (χ3n) is 3.00. The van der Waals surface area contributed by atoms with Gasteiger partial charge in [-0.3, -0.25) is 4.39 Å². The first kappa shape index (κ1) is 10.3. The number of nitrogens with zero attached hydrogens (tertiary/aromatic N) is 1. The number of nitrogen functional groups attached to an aromatic ring is 1. The molecule has 1 aromatic rings. The number of anilines is 2. The molecule has 1 saturated heterocycles. The van der Waals surface area contributed by atoms with Gasteiger partial charge in [-0.2, -0.15) is 0 Å². The Morgan fingerprint density at radius 1 is 1.33 bits per heavy atom. The maximum Gasteiger partial charge on any atom is 0.0939 e. The van der Waals surface area contributed by atoms with Crippen LogP contribution < -0.4 is 10.6 Å². The molecule has 1 aliphatic rings. The number of hydrogen-bond donors (Lipinski definition) is 1. The summed E-state index contributed by atoms with van der Waals surface area (Å²) in [5, 5.41) is 0. The Kier molecular flexibility index (Phi) is 3.09. The lowest BCUT2D eigenvalue weighted by Gasteiger charge is -2.33. The molecule has 1 aromatic carbocycles. The van der Waals surface area contributed by atoms with Crippen LogP contribution in [0.15, 0.2) is 24.3 Å². The predicted octanol–water partition coefficient (Wildman–Crippen LogP) is 2.45. The molecule has 1 aliphatic heterocycles. The van der Waals surface area contributed by atoms with Gasteiger partial charge in [0.25, 0.3) is 0 Å². The summed E-state index contributed by atoms with van der Waals surface area (Å²) in [5.74, 6) is 0.205. The van der Waals surface area contributed by atoms with E-state index in [-0.39, 0.29) is 12.6 Å². The van der Waals surface area contributed by atoms with Gasteiger partial charge >= 0.3 is 0 Å². The van der Waals surface area contributed by atoms with E-state index in [9.17, 15) is 4.39 Å². The maximum atomic E-state index is 12.6. The molecule has 0 unspecified atom stereocenters. The summed E-state index contributed by atoms with van der Waals surface area (Å²) in [5.41, 5.74) is 7.56. The van der Waals surface area contributed by atoms with Gasteiger partial charge in [0.1, 0.15) is 0 Å². The molecule has 0 amide bonds. The first-order chi connectivity index (χ1) is 7.29. The van der Waals surface area contributed by atoms with Crippen molar-refractivity contribution in [1.29, 1.82) is 0 Å². The van der Waals surface area contributed by atoms with Crippen molar-refractivity contribution in [3.8, 4) is 0 Å². The van der Waals surface area contributed by atoms with Crippen LogP contribution in [-0.4, -0.2) is 19.8 Å². The summed E-state index contributed by atoms with van der Waals surface area (Å²) in [6.07, 6.45) is 2.10. The molecule has 2 nitrogen and oxygen atoms in total. The van der Waals surface area contributed by atoms with E-state index in [2.05, 4.69) is 4.90 Å². The van der Waals surface area contributed by atoms with Gasteiger partial charge < -0.3 is 10.6 Å². The van der Waals surface area contributed by atoms with E-state index in [0.29, 0.717) is 0 Å². The van der Waals surface area contributed by atoms with Crippen molar-refractivity contribution < 1.29 is 4.39 Å². The van der Waals surface area contributed by atoms with Gasteiger partial charge in [0.05, 0.1) is 6.67 Å². The lowest BCUT2D eigenvalue weighted by atomic mass is 9.99. The Labute approximate surface area is 89.9 Å². The van der Waals surface area contributed by atoms with Crippen molar-refractivity contribution in [2.45, 2.75) is 12.8 Å². The number of halogens is 1. The molecule has 0 aromatic heterocycles. The monoisotopic (exact) mass is 208 g/mol. The van der Waals surface area contributed by atoms with Gasteiger partial charge in [-0.25, -0.2) is 0 Å². The second-order valence-corrected chi connectivity index (χ2v) is 4.20. The molecule has 0 saturated carbocycles. The minimum atomic E-state index is -0.203. The van der Waals surface area contributed by atoms with Crippen LogP contribution in [0.4, 0.5) is 15.8 Å². The van der Waals surface area contributed by atoms with Gasteiger partial charge in [0, 0.05) is 30.4 Å². The van der Waals surface area contributed by atoms with Crippen molar-refractivity contribution in [3.63, 3.8) is 0 Å². The molecule has 82 valence electrons. The molecule has 2 N–H and O–H groups in total. The normalized spacial score (nSPS) is 21.7. The zero-order chi connectivity index (χ0) is 10.7. The standard InChI is InChI=1S/C12H17FN2/c13-8-10-2-1-7-15(9-10)12-5-3-11(14)4-6-12/h3-6,10H,1-2,7-9,14H2/t10-/m0/s1. The van der Waals surface area contributed by atoms with Gasteiger partial charge in [-0.05, 0) is 37.1 Å². The maximum absolute atomic E-state index is 12.6. The quantitative estimate of drug-likeness (QED) is 0.756. The number of nitrogens with two attached hydrogens (primary N) is 1. The van der Waals surface area contributed by atoms with Crippen molar-refractivity contribution >= 4 is 11.4 Å². The van der Waals surface area contributed by atoms with Crippen LogP contribution >= 0.6 is 0 Å². The number of piperidine rings is 1. The first-order valence-corrected chi connectivity index (χ1v) is 5.46. The van der Waals surface area contributed by atoms with Crippen LogP contribution in [0.25, 0.3) is 0 Å². The highest BCUT2D eigenvalue weighted by Crippen LogP contribution is 2.23. The smallest absolute Gasteiger partial charge is 0.0939 e. The highest BCUT2D eigenvalue weighted by Gasteiger charge is 2.19. The molecule has 0 spiro atoms. The van der Waals surface area contributed by atoms with E-state index in [4.69, 9.17) is 5.73 Å². The van der Waals surface area contributed by atoms with Gasteiger partial charge in [-0.15, -0.1) is 0 Å². The molecule has 0 bridgehead atoms.